The molecule has 0 aromatic carbocycles. The van der Waals surface area contributed by atoms with Gasteiger partial charge in [0, 0.05) is 24.9 Å². The molecule has 0 rings (SSSR count). The lowest BCUT2D eigenvalue weighted by Gasteiger charge is -2.11. The SMILES string of the molecule is CCC(C)C(=O)NCCNC(=O)C(C)C. The second-order valence-electron chi connectivity index (χ2n) is 4.05. The van der Waals surface area contributed by atoms with Gasteiger partial charge < -0.3 is 10.6 Å². The second kappa shape index (κ2) is 7.26. The predicted molar refractivity (Wildman–Crippen MR) is 60.3 cm³/mol. The molecule has 2 amide bonds. The van der Waals surface area contributed by atoms with E-state index >= 15 is 0 Å². The Hall–Kier alpha value is -1.06. The number of hydrogen-bond donors (Lipinski definition) is 2. The van der Waals surface area contributed by atoms with Crippen LogP contribution in [0.1, 0.15) is 34.1 Å². The van der Waals surface area contributed by atoms with Gasteiger partial charge in [-0.05, 0) is 6.42 Å². The standard InChI is InChI=1S/C11H22N2O2/c1-5-9(4)11(15)13-7-6-12-10(14)8(2)3/h8-9H,5-7H2,1-4H3,(H,12,14)(H,13,15). The average Bonchev–Trinajstić information content (AvgIpc) is 2.22. The van der Waals surface area contributed by atoms with Gasteiger partial charge in [-0.15, -0.1) is 0 Å². The van der Waals surface area contributed by atoms with Crippen LogP contribution in [0, 0.1) is 11.8 Å². The van der Waals surface area contributed by atoms with Crippen LogP contribution in [0.4, 0.5) is 0 Å². The minimum atomic E-state index is -0.00438. The van der Waals surface area contributed by atoms with Crippen LogP contribution in [0.25, 0.3) is 0 Å². The maximum absolute atomic E-state index is 11.3. The molecule has 88 valence electrons. The lowest BCUT2D eigenvalue weighted by Crippen LogP contribution is -2.38. The number of hydrogen-bond acceptors (Lipinski definition) is 2. The van der Waals surface area contributed by atoms with E-state index in [-0.39, 0.29) is 23.7 Å². The maximum Gasteiger partial charge on any atom is 0.222 e. The Kier molecular flexibility index (Phi) is 6.75. The smallest absolute Gasteiger partial charge is 0.222 e. The summed E-state index contributed by atoms with van der Waals surface area (Å²) in [6, 6.07) is 0. The third-order valence-electron chi connectivity index (χ3n) is 2.31. The van der Waals surface area contributed by atoms with Gasteiger partial charge in [-0.1, -0.05) is 27.7 Å². The minimum absolute atomic E-state index is 0.00438. The van der Waals surface area contributed by atoms with Crippen LogP contribution < -0.4 is 10.6 Å². The Balaban J connectivity index is 3.55. The van der Waals surface area contributed by atoms with E-state index in [1.54, 1.807) is 0 Å². The van der Waals surface area contributed by atoms with Crippen LogP contribution >= 0.6 is 0 Å². The van der Waals surface area contributed by atoms with Gasteiger partial charge >= 0.3 is 0 Å². The Morgan fingerprint density at radius 1 is 1.00 bits per heavy atom. The molecule has 0 saturated heterocycles. The monoisotopic (exact) mass is 214 g/mol. The molecule has 0 radical (unpaired) electrons. The second-order valence-corrected chi connectivity index (χ2v) is 4.05. The molecule has 0 saturated carbocycles. The van der Waals surface area contributed by atoms with Crippen LogP contribution in [0.5, 0.6) is 0 Å². The van der Waals surface area contributed by atoms with Crippen molar-refractivity contribution in [3.8, 4) is 0 Å². The molecule has 4 heteroatoms. The Morgan fingerprint density at radius 3 is 1.87 bits per heavy atom. The minimum Gasteiger partial charge on any atom is -0.354 e. The van der Waals surface area contributed by atoms with Gasteiger partial charge in [0.15, 0.2) is 0 Å². The molecular weight excluding hydrogens is 192 g/mol. The van der Waals surface area contributed by atoms with Crippen molar-refractivity contribution in [1.29, 1.82) is 0 Å². The average molecular weight is 214 g/mol. The van der Waals surface area contributed by atoms with Crippen molar-refractivity contribution in [2.45, 2.75) is 34.1 Å². The highest BCUT2D eigenvalue weighted by Gasteiger charge is 2.09. The molecule has 0 aliphatic rings. The van der Waals surface area contributed by atoms with E-state index < -0.39 is 0 Å². The summed E-state index contributed by atoms with van der Waals surface area (Å²) in [5.74, 6) is 0.116. The fourth-order valence-electron chi connectivity index (χ4n) is 0.935. The normalized spacial score (nSPS) is 12.3. The zero-order chi connectivity index (χ0) is 11.8. The first kappa shape index (κ1) is 13.9. The van der Waals surface area contributed by atoms with E-state index in [4.69, 9.17) is 0 Å². The lowest BCUT2D eigenvalue weighted by atomic mass is 10.1. The van der Waals surface area contributed by atoms with Crippen molar-refractivity contribution >= 4 is 11.8 Å². The summed E-state index contributed by atoms with van der Waals surface area (Å²) >= 11 is 0. The number of rotatable bonds is 6. The molecule has 0 bridgehead atoms. The molecule has 15 heavy (non-hydrogen) atoms. The zero-order valence-corrected chi connectivity index (χ0v) is 10.1. The van der Waals surface area contributed by atoms with E-state index in [0.29, 0.717) is 13.1 Å². The molecule has 0 aliphatic heterocycles. The quantitative estimate of drug-likeness (QED) is 0.646. The Morgan fingerprint density at radius 2 is 1.47 bits per heavy atom. The fourth-order valence-corrected chi connectivity index (χ4v) is 0.935. The van der Waals surface area contributed by atoms with Gasteiger partial charge in [0.05, 0.1) is 0 Å². The van der Waals surface area contributed by atoms with Gasteiger partial charge in [-0.3, -0.25) is 9.59 Å². The largest absolute Gasteiger partial charge is 0.354 e. The first-order valence-corrected chi connectivity index (χ1v) is 5.54. The highest BCUT2D eigenvalue weighted by Crippen LogP contribution is 1.98. The van der Waals surface area contributed by atoms with Crippen molar-refractivity contribution in [3.05, 3.63) is 0 Å². The molecule has 2 N–H and O–H groups in total. The molecule has 0 aromatic rings. The summed E-state index contributed by atoms with van der Waals surface area (Å²) in [4.78, 5) is 22.5. The van der Waals surface area contributed by atoms with Crippen molar-refractivity contribution in [2.24, 2.45) is 11.8 Å². The number of carbonyl (C=O) groups is 2. The van der Waals surface area contributed by atoms with Crippen LogP contribution in [0.3, 0.4) is 0 Å². The van der Waals surface area contributed by atoms with Gasteiger partial charge in [0.2, 0.25) is 11.8 Å². The summed E-state index contributed by atoms with van der Waals surface area (Å²) in [5.41, 5.74) is 0. The van der Waals surface area contributed by atoms with E-state index in [2.05, 4.69) is 10.6 Å². The van der Waals surface area contributed by atoms with Crippen molar-refractivity contribution in [3.63, 3.8) is 0 Å². The number of amides is 2. The Bertz CT molecular complexity index is 215. The molecule has 0 heterocycles. The number of carbonyl (C=O) groups excluding carboxylic acids is 2. The molecule has 0 fully saturated rings. The van der Waals surface area contributed by atoms with Gasteiger partial charge in [-0.2, -0.15) is 0 Å². The van der Waals surface area contributed by atoms with Crippen LogP contribution in [0.2, 0.25) is 0 Å². The summed E-state index contributed by atoms with van der Waals surface area (Å²) < 4.78 is 0. The van der Waals surface area contributed by atoms with E-state index in [1.165, 1.54) is 0 Å². The van der Waals surface area contributed by atoms with E-state index in [9.17, 15) is 9.59 Å². The summed E-state index contributed by atoms with van der Waals surface area (Å²) in [7, 11) is 0. The van der Waals surface area contributed by atoms with E-state index in [0.717, 1.165) is 6.42 Å². The highest BCUT2D eigenvalue weighted by molar-refractivity contribution is 5.79. The van der Waals surface area contributed by atoms with Crippen molar-refractivity contribution in [2.75, 3.05) is 13.1 Å². The van der Waals surface area contributed by atoms with Crippen LogP contribution in [-0.4, -0.2) is 24.9 Å². The highest BCUT2D eigenvalue weighted by atomic mass is 16.2. The zero-order valence-electron chi connectivity index (χ0n) is 10.1. The van der Waals surface area contributed by atoms with Gasteiger partial charge in [0.25, 0.3) is 0 Å². The third kappa shape index (κ3) is 6.10. The molecule has 0 aromatic heterocycles. The van der Waals surface area contributed by atoms with Gasteiger partial charge in [-0.25, -0.2) is 0 Å². The predicted octanol–water partition coefficient (Wildman–Crippen LogP) is 0.921. The Labute approximate surface area is 91.8 Å². The lowest BCUT2D eigenvalue weighted by molar-refractivity contribution is -0.126. The number of nitrogens with one attached hydrogen (secondary N) is 2. The fraction of sp³-hybridized carbons (Fsp3) is 0.818. The first-order chi connectivity index (χ1) is 6.99. The van der Waals surface area contributed by atoms with Crippen LogP contribution in [0.15, 0.2) is 0 Å². The van der Waals surface area contributed by atoms with Crippen LogP contribution in [-0.2, 0) is 9.59 Å². The summed E-state index contributed by atoms with van der Waals surface area (Å²) in [6.07, 6.45) is 0.837. The summed E-state index contributed by atoms with van der Waals surface area (Å²) in [6.45, 7) is 8.55. The van der Waals surface area contributed by atoms with Crippen molar-refractivity contribution < 1.29 is 9.59 Å². The molecule has 1 unspecified atom stereocenters. The van der Waals surface area contributed by atoms with Gasteiger partial charge in [0.1, 0.15) is 0 Å². The molecule has 1 atom stereocenters. The third-order valence-corrected chi connectivity index (χ3v) is 2.31. The maximum atomic E-state index is 11.3. The topological polar surface area (TPSA) is 58.2 Å². The molecule has 0 aliphatic carbocycles. The molecule has 4 nitrogen and oxygen atoms in total. The molecule has 0 spiro atoms. The first-order valence-electron chi connectivity index (χ1n) is 5.54. The van der Waals surface area contributed by atoms with Crippen molar-refractivity contribution in [1.82, 2.24) is 10.6 Å². The van der Waals surface area contributed by atoms with E-state index in [1.807, 2.05) is 27.7 Å². The summed E-state index contributed by atoms with van der Waals surface area (Å²) in [5, 5.41) is 5.51. The molecular formula is C11H22N2O2.